The Kier molecular flexibility index (Phi) is 12.9. The van der Waals surface area contributed by atoms with E-state index in [2.05, 4.69) is 93.8 Å². The van der Waals surface area contributed by atoms with Crippen molar-refractivity contribution < 1.29 is 29.3 Å². The summed E-state index contributed by atoms with van der Waals surface area (Å²) in [5.41, 5.74) is 7.36. The number of Topliss-reactive ketones (excluding diaryl/α,β-unsaturated/α-hetero) is 2. The van der Waals surface area contributed by atoms with Gasteiger partial charge < -0.3 is 34.6 Å². The molecule has 362 valence electrons. The van der Waals surface area contributed by atoms with Gasteiger partial charge in [0, 0.05) is 67.7 Å². The van der Waals surface area contributed by atoms with Gasteiger partial charge in [-0.1, -0.05) is 84.6 Å². The first-order valence-corrected chi connectivity index (χ1v) is 26.2. The predicted molar refractivity (Wildman–Crippen MR) is 262 cm³/mol. The van der Waals surface area contributed by atoms with Crippen LogP contribution < -0.4 is 5.32 Å². The van der Waals surface area contributed by atoms with Gasteiger partial charge in [-0.2, -0.15) is 0 Å². The minimum Gasteiger partial charge on any atom is -0.392 e. The van der Waals surface area contributed by atoms with Crippen LogP contribution in [0, 0.1) is 58.2 Å². The van der Waals surface area contributed by atoms with Gasteiger partial charge in [-0.05, 0) is 154 Å². The Morgan fingerprint density at radius 1 is 1.02 bits per heavy atom. The van der Waals surface area contributed by atoms with Crippen molar-refractivity contribution in [2.75, 3.05) is 26.8 Å². The summed E-state index contributed by atoms with van der Waals surface area (Å²) in [4.78, 5) is 33.6. The van der Waals surface area contributed by atoms with E-state index in [1.807, 2.05) is 27.1 Å². The highest BCUT2D eigenvalue weighted by molar-refractivity contribution is 6.03. The van der Waals surface area contributed by atoms with Gasteiger partial charge in [0.15, 0.2) is 5.78 Å². The van der Waals surface area contributed by atoms with Crippen molar-refractivity contribution in [1.29, 1.82) is 0 Å². The molecular weight excluding hydrogens is 823 g/mol. The smallest absolute Gasteiger partial charge is 0.163 e. The average Bonchev–Trinajstić information content (AvgIpc) is 3.53. The molecule has 0 amide bonds. The molecule has 2 aromatic heterocycles. The molecule has 5 fully saturated rings. The van der Waals surface area contributed by atoms with Crippen molar-refractivity contribution in [2.24, 2.45) is 51.2 Å². The number of carbonyl (C=O) groups excluding carboxylic acids is 2. The van der Waals surface area contributed by atoms with Crippen LogP contribution in [0.2, 0.25) is 0 Å². The van der Waals surface area contributed by atoms with Gasteiger partial charge in [0.1, 0.15) is 11.9 Å². The lowest BCUT2D eigenvalue weighted by Gasteiger charge is -2.71. The number of ether oxygens (including phenoxy) is 2. The van der Waals surface area contributed by atoms with Crippen molar-refractivity contribution in [3.8, 4) is 0 Å². The summed E-state index contributed by atoms with van der Waals surface area (Å²) in [6, 6.07) is 9.27. The SMILES string of the molecule is CCCCCC1C(=O)C(C(C)CC(O)C2OC2(C)C)=C2C(Cn3cc(Cc4cc(C)cc(C5CCOCC5)c4)c4[nH]ccc43)C(O)C3C4(C)CCC(=O)C(C)(CCNC)C4CCC3(C)C21C. The van der Waals surface area contributed by atoms with E-state index < -0.39 is 28.5 Å². The highest BCUT2D eigenvalue weighted by Gasteiger charge is 2.74. The number of unbranched alkanes of at least 4 members (excludes halogenated alkanes) is 2. The molecule has 9 nitrogen and oxygen atoms in total. The zero-order valence-electron chi connectivity index (χ0n) is 42.2. The minimum atomic E-state index is -0.744. The van der Waals surface area contributed by atoms with E-state index in [1.54, 1.807) is 0 Å². The molecule has 3 aromatic rings. The number of aromatic amines is 1. The summed E-state index contributed by atoms with van der Waals surface area (Å²) in [7, 11) is 1.98. The Balaban J connectivity index is 1.18. The number of aromatic nitrogens is 2. The number of epoxide rings is 1. The Hall–Kier alpha value is -3.08. The highest BCUT2D eigenvalue weighted by Crippen LogP contribution is 2.76. The molecule has 4 N–H and O–H groups in total. The maximum absolute atomic E-state index is 15.8. The number of ketones is 2. The summed E-state index contributed by atoms with van der Waals surface area (Å²) in [6.07, 6.45) is 13.8. The van der Waals surface area contributed by atoms with Crippen molar-refractivity contribution in [2.45, 2.75) is 182 Å². The molecule has 0 spiro atoms. The van der Waals surface area contributed by atoms with Crippen LogP contribution in [0.3, 0.4) is 0 Å². The molecule has 12 atom stereocenters. The van der Waals surface area contributed by atoms with Crippen LogP contribution >= 0.6 is 0 Å². The number of aryl methyl sites for hydroxylation is 1. The summed E-state index contributed by atoms with van der Waals surface area (Å²) in [6.45, 7) is 23.1. The number of carbonyl (C=O) groups is 2. The second-order valence-corrected chi connectivity index (χ2v) is 23.9. The molecule has 3 saturated carbocycles. The van der Waals surface area contributed by atoms with E-state index >= 15 is 4.79 Å². The Morgan fingerprint density at radius 2 is 1.76 bits per heavy atom. The maximum Gasteiger partial charge on any atom is 0.163 e. The highest BCUT2D eigenvalue weighted by atomic mass is 16.6. The number of benzene rings is 1. The summed E-state index contributed by atoms with van der Waals surface area (Å²) < 4.78 is 14.1. The number of aliphatic hydroxyl groups is 2. The van der Waals surface area contributed by atoms with Crippen LogP contribution in [-0.2, 0) is 32.0 Å². The quantitative estimate of drug-likeness (QED) is 0.0832. The lowest BCUT2D eigenvalue weighted by molar-refractivity contribution is -0.229. The van der Waals surface area contributed by atoms with E-state index in [9.17, 15) is 15.0 Å². The Labute approximate surface area is 395 Å². The standard InChI is InChI=1S/C57H83N3O6/c1-11-12-13-14-41-50(64)46(35(3)29-43(61)52-53(4,5)66-52)47-40(49(63)51-55(7)20-16-45(62)54(6,22-24-58-10)44(55)15-21-56(51,8)57(41,47)9)33-60-32-39(48-42(60)17-23-59-48)31-36-27-34(2)28-38(30-36)37-18-25-65-26-19-37/h17,23,27-28,30,32,35,37,40-41,43-44,49,51-52,58-59,61,63H,11-16,18-22,24-26,29,31,33H2,1-10H3. The third-order valence-corrected chi connectivity index (χ3v) is 19.7. The molecule has 4 aliphatic carbocycles. The van der Waals surface area contributed by atoms with E-state index in [1.165, 1.54) is 22.3 Å². The first kappa shape index (κ1) is 48.0. The molecule has 2 aliphatic heterocycles. The molecule has 12 unspecified atom stereocenters. The number of nitrogens with zero attached hydrogens (tertiary/aromatic N) is 1. The van der Waals surface area contributed by atoms with Gasteiger partial charge >= 0.3 is 0 Å². The van der Waals surface area contributed by atoms with E-state index in [-0.39, 0.29) is 52.5 Å². The fourth-order valence-corrected chi connectivity index (χ4v) is 16.2. The van der Waals surface area contributed by atoms with Gasteiger partial charge in [0.25, 0.3) is 0 Å². The van der Waals surface area contributed by atoms with Crippen molar-refractivity contribution in [1.82, 2.24) is 14.9 Å². The van der Waals surface area contributed by atoms with Gasteiger partial charge in [-0.25, -0.2) is 0 Å². The van der Waals surface area contributed by atoms with Crippen LogP contribution in [0.5, 0.6) is 0 Å². The fourth-order valence-electron chi connectivity index (χ4n) is 16.2. The molecule has 0 radical (unpaired) electrons. The molecule has 9 rings (SSSR count). The Morgan fingerprint density at radius 3 is 2.45 bits per heavy atom. The third kappa shape index (κ3) is 7.67. The van der Waals surface area contributed by atoms with Gasteiger partial charge in [-0.3, -0.25) is 9.59 Å². The lowest BCUT2D eigenvalue weighted by Crippen LogP contribution is -2.69. The average molecular weight is 906 g/mol. The zero-order chi connectivity index (χ0) is 47.1. The van der Waals surface area contributed by atoms with Gasteiger partial charge in [0.05, 0.1) is 28.8 Å². The summed E-state index contributed by atoms with van der Waals surface area (Å²) >= 11 is 0. The topological polar surface area (TPSA) is 129 Å². The second-order valence-electron chi connectivity index (χ2n) is 23.9. The molecular formula is C57H83N3O6. The molecule has 2 saturated heterocycles. The molecule has 1 aromatic carbocycles. The zero-order valence-corrected chi connectivity index (χ0v) is 42.2. The summed E-state index contributed by atoms with van der Waals surface area (Å²) in [5, 5.41) is 28.9. The number of fused-ring (bicyclic) bond motifs is 6. The Bertz CT molecular complexity index is 2330. The van der Waals surface area contributed by atoms with Crippen LogP contribution in [-0.4, -0.2) is 82.0 Å². The lowest BCUT2D eigenvalue weighted by atomic mass is 9.33. The number of hydrogen-bond donors (Lipinski definition) is 4. The predicted octanol–water partition coefficient (Wildman–Crippen LogP) is 10.4. The van der Waals surface area contributed by atoms with E-state index in [4.69, 9.17) is 9.47 Å². The molecule has 4 heterocycles. The number of nitrogens with one attached hydrogen (secondary N) is 2. The van der Waals surface area contributed by atoms with Crippen molar-refractivity contribution in [3.63, 3.8) is 0 Å². The third-order valence-electron chi connectivity index (χ3n) is 19.7. The number of aliphatic hydroxyl groups excluding tert-OH is 2. The first-order valence-electron chi connectivity index (χ1n) is 26.2. The molecule has 0 bridgehead atoms. The number of allylic oxidation sites excluding steroid dienone is 1. The minimum absolute atomic E-state index is 0.125. The fraction of sp³-hybridized carbons (Fsp3) is 0.719. The maximum atomic E-state index is 15.8. The molecule has 6 aliphatic rings. The first-order chi connectivity index (χ1) is 31.3. The van der Waals surface area contributed by atoms with E-state index in [0.717, 1.165) is 113 Å². The number of H-pyrrole nitrogens is 1. The van der Waals surface area contributed by atoms with Crippen molar-refractivity contribution in [3.05, 3.63) is 70.1 Å². The summed E-state index contributed by atoms with van der Waals surface area (Å²) in [5.74, 6) is 0.349. The van der Waals surface area contributed by atoms with Crippen LogP contribution in [0.25, 0.3) is 11.0 Å². The monoisotopic (exact) mass is 906 g/mol. The van der Waals surface area contributed by atoms with E-state index in [0.29, 0.717) is 31.1 Å². The number of hydrogen-bond acceptors (Lipinski definition) is 7. The normalized spacial score (nSPS) is 36.4. The van der Waals surface area contributed by atoms with Crippen molar-refractivity contribution >= 4 is 22.6 Å². The second kappa shape index (κ2) is 17.7. The van der Waals surface area contributed by atoms with Crippen LogP contribution in [0.4, 0.5) is 0 Å². The molecule has 9 heteroatoms. The van der Waals surface area contributed by atoms with Crippen LogP contribution in [0.1, 0.15) is 161 Å². The number of rotatable bonds is 16. The molecule has 66 heavy (non-hydrogen) atoms. The van der Waals surface area contributed by atoms with Crippen LogP contribution in [0.15, 0.2) is 47.8 Å². The van der Waals surface area contributed by atoms with Gasteiger partial charge in [-0.15, -0.1) is 0 Å². The largest absolute Gasteiger partial charge is 0.392 e. The van der Waals surface area contributed by atoms with Gasteiger partial charge in [0.2, 0.25) is 0 Å².